The zero-order valence-electron chi connectivity index (χ0n) is 11.2. The van der Waals surface area contributed by atoms with Crippen LogP contribution in [-0.2, 0) is 0 Å². The molecule has 114 valence electrons. The van der Waals surface area contributed by atoms with Crippen LogP contribution in [0.25, 0.3) is 11.1 Å². The Hall–Kier alpha value is -3.10. The first-order valence-corrected chi connectivity index (χ1v) is 5.83. The highest BCUT2D eigenvalue weighted by molar-refractivity contribution is 6.37. The van der Waals surface area contributed by atoms with Crippen LogP contribution in [0.2, 0.25) is 0 Å². The van der Waals surface area contributed by atoms with Crippen molar-refractivity contribution in [1.82, 2.24) is 0 Å². The van der Waals surface area contributed by atoms with Gasteiger partial charge in [0.05, 0.1) is 5.56 Å². The fraction of sp³-hybridized carbons (Fsp3) is 0.0769. The zero-order valence-corrected chi connectivity index (χ0v) is 11.2. The number of hydrogen-bond acceptors (Lipinski definition) is 8. The summed E-state index contributed by atoms with van der Waals surface area (Å²) >= 11 is 0. The van der Waals surface area contributed by atoms with Gasteiger partial charge in [0.25, 0.3) is 0 Å². The fourth-order valence-electron chi connectivity index (χ4n) is 2.08. The summed E-state index contributed by atoms with van der Waals surface area (Å²) in [6.07, 6.45) is 0. The van der Waals surface area contributed by atoms with Gasteiger partial charge in [0.1, 0.15) is 13.6 Å². The van der Waals surface area contributed by atoms with Crippen LogP contribution < -0.4 is 5.46 Å². The zero-order chi connectivity index (χ0) is 16.9. The standard InChI is InChI=1S/C13H11BO8/c1-2-3(7(16)10(19)5(14)6(2)15)4-8(17)11(20)13(22)12(21)9(4)18/h15-22H,1H3. The molecule has 2 aromatic carbocycles. The molecule has 0 aliphatic carbocycles. The van der Waals surface area contributed by atoms with Crippen molar-refractivity contribution in [3.05, 3.63) is 5.56 Å². The van der Waals surface area contributed by atoms with Crippen molar-refractivity contribution >= 4 is 13.3 Å². The third-order valence-electron chi connectivity index (χ3n) is 3.32. The third-order valence-corrected chi connectivity index (χ3v) is 3.32. The Kier molecular flexibility index (Phi) is 3.29. The smallest absolute Gasteiger partial charge is 0.208 e. The maximum absolute atomic E-state index is 9.95. The summed E-state index contributed by atoms with van der Waals surface area (Å²) in [5, 5.41) is 77.5. The molecule has 0 aromatic heterocycles. The lowest BCUT2D eigenvalue weighted by Gasteiger charge is -2.18. The summed E-state index contributed by atoms with van der Waals surface area (Å²) in [5.74, 6) is -8.17. The van der Waals surface area contributed by atoms with Gasteiger partial charge in [-0.3, -0.25) is 0 Å². The average molecular weight is 306 g/mol. The SMILES string of the molecule is [B]c1c(O)c(C)c(-c2c(O)c(O)c(O)c(O)c2O)c(O)c1O. The summed E-state index contributed by atoms with van der Waals surface area (Å²) in [7, 11) is 5.37. The molecule has 0 aliphatic heterocycles. The number of benzene rings is 2. The minimum Gasteiger partial charge on any atom is -0.508 e. The highest BCUT2D eigenvalue weighted by Gasteiger charge is 2.29. The molecular weight excluding hydrogens is 295 g/mol. The molecule has 0 amide bonds. The summed E-state index contributed by atoms with van der Waals surface area (Å²) in [4.78, 5) is 0. The summed E-state index contributed by atoms with van der Waals surface area (Å²) in [6, 6.07) is 0. The number of phenols is 8. The Morgan fingerprint density at radius 3 is 1.32 bits per heavy atom. The molecular formula is C13H11BO8. The van der Waals surface area contributed by atoms with E-state index in [-0.39, 0.29) is 5.56 Å². The number of hydrogen-bond donors (Lipinski definition) is 8. The number of rotatable bonds is 1. The first-order valence-electron chi connectivity index (χ1n) is 5.83. The van der Waals surface area contributed by atoms with Crippen molar-refractivity contribution in [3.8, 4) is 57.1 Å². The van der Waals surface area contributed by atoms with E-state index in [1.807, 2.05) is 0 Å². The second-order valence-corrected chi connectivity index (χ2v) is 4.58. The van der Waals surface area contributed by atoms with E-state index in [1.165, 1.54) is 6.92 Å². The molecule has 0 unspecified atom stereocenters. The molecule has 0 fully saturated rings. The van der Waals surface area contributed by atoms with Gasteiger partial charge in [-0.25, -0.2) is 0 Å². The molecule has 22 heavy (non-hydrogen) atoms. The Morgan fingerprint density at radius 2 is 0.864 bits per heavy atom. The van der Waals surface area contributed by atoms with E-state index in [2.05, 4.69) is 0 Å². The van der Waals surface area contributed by atoms with Crippen molar-refractivity contribution in [2.45, 2.75) is 6.92 Å². The molecule has 2 radical (unpaired) electrons. The lowest BCUT2D eigenvalue weighted by Crippen LogP contribution is -2.07. The molecule has 8 nitrogen and oxygen atoms in total. The molecule has 0 aliphatic rings. The predicted molar refractivity (Wildman–Crippen MR) is 75.3 cm³/mol. The first kappa shape index (κ1) is 15.3. The van der Waals surface area contributed by atoms with E-state index in [4.69, 9.17) is 7.85 Å². The van der Waals surface area contributed by atoms with Gasteiger partial charge in [0.2, 0.25) is 17.2 Å². The van der Waals surface area contributed by atoms with Gasteiger partial charge in [-0.1, -0.05) is 0 Å². The Morgan fingerprint density at radius 1 is 0.500 bits per heavy atom. The van der Waals surface area contributed by atoms with Gasteiger partial charge < -0.3 is 40.9 Å². The highest BCUT2D eigenvalue weighted by atomic mass is 16.4. The molecule has 0 saturated carbocycles. The van der Waals surface area contributed by atoms with Crippen LogP contribution in [-0.4, -0.2) is 48.7 Å². The van der Waals surface area contributed by atoms with E-state index in [9.17, 15) is 40.9 Å². The molecule has 0 heterocycles. The fourth-order valence-corrected chi connectivity index (χ4v) is 2.08. The van der Waals surface area contributed by atoms with Gasteiger partial charge in [0.15, 0.2) is 23.0 Å². The largest absolute Gasteiger partial charge is 0.508 e. The van der Waals surface area contributed by atoms with Crippen LogP contribution in [0.4, 0.5) is 0 Å². The van der Waals surface area contributed by atoms with Crippen molar-refractivity contribution in [1.29, 1.82) is 0 Å². The summed E-state index contributed by atoms with van der Waals surface area (Å²) in [6.45, 7) is 1.24. The maximum atomic E-state index is 9.95. The maximum Gasteiger partial charge on any atom is 0.208 e. The van der Waals surface area contributed by atoms with Gasteiger partial charge in [-0.15, -0.1) is 0 Å². The predicted octanol–water partition coefficient (Wildman–Crippen LogP) is 0.101. The van der Waals surface area contributed by atoms with Crippen molar-refractivity contribution in [2.75, 3.05) is 0 Å². The van der Waals surface area contributed by atoms with E-state index in [0.29, 0.717) is 0 Å². The topological polar surface area (TPSA) is 162 Å². The van der Waals surface area contributed by atoms with Crippen molar-refractivity contribution < 1.29 is 40.9 Å². The minimum absolute atomic E-state index is 0.164. The van der Waals surface area contributed by atoms with Crippen LogP contribution in [0.3, 0.4) is 0 Å². The normalized spacial score (nSPS) is 10.8. The van der Waals surface area contributed by atoms with Crippen molar-refractivity contribution in [2.24, 2.45) is 0 Å². The van der Waals surface area contributed by atoms with Crippen LogP contribution in [0, 0.1) is 6.92 Å². The Bertz CT molecular complexity index is 674. The third kappa shape index (κ3) is 1.79. The van der Waals surface area contributed by atoms with Gasteiger partial charge in [-0.05, 0) is 12.4 Å². The molecule has 0 atom stereocenters. The molecule has 9 heteroatoms. The molecule has 0 bridgehead atoms. The summed E-state index contributed by atoms with van der Waals surface area (Å²) in [5.41, 5.74) is -1.91. The average Bonchev–Trinajstić information content (AvgIpc) is 2.50. The molecule has 8 N–H and O–H groups in total. The lowest BCUT2D eigenvalue weighted by molar-refractivity contribution is 0.329. The second-order valence-electron chi connectivity index (χ2n) is 4.58. The van der Waals surface area contributed by atoms with E-state index in [0.717, 1.165) is 0 Å². The molecule has 2 rings (SSSR count). The monoisotopic (exact) mass is 306 g/mol. The van der Waals surface area contributed by atoms with E-state index >= 15 is 0 Å². The number of aromatic hydroxyl groups is 8. The van der Waals surface area contributed by atoms with Gasteiger partial charge >= 0.3 is 0 Å². The van der Waals surface area contributed by atoms with Crippen LogP contribution in [0.1, 0.15) is 5.56 Å². The number of phenolic OH excluding ortho intramolecular Hbond substituents is 8. The molecule has 2 aromatic rings. The van der Waals surface area contributed by atoms with Crippen LogP contribution >= 0.6 is 0 Å². The molecule has 0 spiro atoms. The van der Waals surface area contributed by atoms with Crippen LogP contribution in [0.5, 0.6) is 46.0 Å². The van der Waals surface area contributed by atoms with Gasteiger partial charge in [0, 0.05) is 11.1 Å². The quantitative estimate of drug-likeness (QED) is 0.209. The minimum atomic E-state index is -1.18. The lowest BCUT2D eigenvalue weighted by atomic mass is 9.86. The van der Waals surface area contributed by atoms with Gasteiger partial charge in [-0.2, -0.15) is 0 Å². The van der Waals surface area contributed by atoms with Crippen molar-refractivity contribution in [3.63, 3.8) is 0 Å². The Balaban J connectivity index is 3.03. The second kappa shape index (κ2) is 4.73. The first-order chi connectivity index (χ1) is 10.1. The van der Waals surface area contributed by atoms with E-state index in [1.54, 1.807) is 0 Å². The highest BCUT2D eigenvalue weighted by Crippen LogP contribution is 2.57. The summed E-state index contributed by atoms with van der Waals surface area (Å²) < 4.78 is 0. The van der Waals surface area contributed by atoms with E-state index < -0.39 is 62.6 Å². The molecule has 0 saturated heterocycles. The van der Waals surface area contributed by atoms with Crippen LogP contribution in [0.15, 0.2) is 0 Å². The Labute approximate surface area is 124 Å².